The van der Waals surface area contributed by atoms with Crippen molar-refractivity contribution in [3.8, 4) is 0 Å². The average molecular weight is 210 g/mol. The summed E-state index contributed by atoms with van der Waals surface area (Å²) in [6, 6.07) is 0. The highest BCUT2D eigenvalue weighted by Gasteiger charge is 2.31. The second kappa shape index (κ2) is 2.99. The minimum absolute atomic E-state index is 0.128. The fraction of sp³-hybridized carbons (Fsp3) is 0.250. The van der Waals surface area contributed by atoms with Crippen LogP contribution in [0.25, 0.3) is 0 Å². The first-order valence-electron chi connectivity index (χ1n) is 4.24. The third-order valence-corrected chi connectivity index (χ3v) is 2.16. The molecule has 0 aromatic heterocycles. The van der Waals surface area contributed by atoms with Crippen molar-refractivity contribution in [2.75, 3.05) is 7.05 Å². The van der Waals surface area contributed by atoms with Gasteiger partial charge in [0.1, 0.15) is 11.3 Å². The van der Waals surface area contributed by atoms with Crippen LogP contribution in [-0.4, -0.2) is 39.2 Å². The lowest BCUT2D eigenvalue weighted by molar-refractivity contribution is -0.132. The van der Waals surface area contributed by atoms with Crippen LogP contribution in [0, 0.1) is 0 Å². The molecular weight excluding hydrogens is 200 g/mol. The van der Waals surface area contributed by atoms with Crippen LogP contribution in [0.1, 0.15) is 6.92 Å². The number of carboxylic acids is 1. The number of hydrogen-bond acceptors (Lipinski definition) is 6. The number of hydrazine groups is 2. The third-order valence-electron chi connectivity index (χ3n) is 2.16. The molecule has 7 heteroatoms. The van der Waals surface area contributed by atoms with E-state index < -0.39 is 5.97 Å². The molecule has 0 amide bonds. The summed E-state index contributed by atoms with van der Waals surface area (Å²) in [6.45, 7) is 1.59. The third kappa shape index (κ3) is 1.33. The van der Waals surface area contributed by atoms with Gasteiger partial charge in [0.05, 0.1) is 5.70 Å². The van der Waals surface area contributed by atoms with E-state index in [0.29, 0.717) is 11.5 Å². The number of rotatable bonds is 1. The number of hydrazone groups is 1. The minimum Gasteiger partial charge on any atom is -0.507 e. The van der Waals surface area contributed by atoms with E-state index in [1.165, 1.54) is 16.2 Å². The molecule has 0 fully saturated rings. The molecule has 0 spiro atoms. The van der Waals surface area contributed by atoms with E-state index in [2.05, 4.69) is 10.6 Å². The molecular formula is C8H10N4O3. The van der Waals surface area contributed by atoms with Crippen molar-refractivity contribution in [3.63, 3.8) is 0 Å². The summed E-state index contributed by atoms with van der Waals surface area (Å²) >= 11 is 0. The molecule has 2 rings (SSSR count). The van der Waals surface area contributed by atoms with E-state index in [1.807, 2.05) is 0 Å². The highest BCUT2D eigenvalue weighted by Crippen LogP contribution is 2.23. The van der Waals surface area contributed by atoms with Crippen molar-refractivity contribution < 1.29 is 15.0 Å². The fourth-order valence-corrected chi connectivity index (χ4v) is 1.51. The topological polar surface area (TPSA) is 88.4 Å². The Morgan fingerprint density at radius 2 is 2.27 bits per heavy atom. The molecule has 2 heterocycles. The molecule has 15 heavy (non-hydrogen) atoms. The van der Waals surface area contributed by atoms with Crippen LogP contribution in [0.2, 0.25) is 0 Å². The molecule has 80 valence electrons. The number of aliphatic carboxylic acids is 1. The molecule has 0 aliphatic carbocycles. The van der Waals surface area contributed by atoms with Crippen molar-refractivity contribution in [2.24, 2.45) is 5.10 Å². The van der Waals surface area contributed by atoms with Gasteiger partial charge < -0.3 is 10.2 Å². The number of aliphatic hydroxyl groups is 1. The van der Waals surface area contributed by atoms with E-state index >= 15 is 0 Å². The summed E-state index contributed by atoms with van der Waals surface area (Å²) in [6.07, 6.45) is 1.30. The van der Waals surface area contributed by atoms with Gasteiger partial charge in [-0.3, -0.25) is 0 Å². The zero-order valence-corrected chi connectivity index (χ0v) is 8.22. The van der Waals surface area contributed by atoms with E-state index in [9.17, 15) is 9.90 Å². The van der Waals surface area contributed by atoms with Gasteiger partial charge in [0.25, 0.3) is 0 Å². The van der Waals surface area contributed by atoms with Crippen LogP contribution in [0.5, 0.6) is 0 Å². The van der Waals surface area contributed by atoms with Gasteiger partial charge in [0.2, 0.25) is 0 Å². The molecule has 2 aliphatic rings. The maximum atomic E-state index is 10.9. The Kier molecular flexibility index (Phi) is 1.90. The maximum absolute atomic E-state index is 10.9. The fourth-order valence-electron chi connectivity index (χ4n) is 1.51. The van der Waals surface area contributed by atoms with Crippen LogP contribution in [0.15, 0.2) is 28.2 Å². The number of nitrogens with one attached hydrogen (secondary N) is 1. The normalized spacial score (nSPS) is 20.1. The van der Waals surface area contributed by atoms with Gasteiger partial charge in [-0.15, -0.1) is 10.6 Å². The lowest BCUT2D eigenvalue weighted by Gasteiger charge is -2.24. The number of fused-ring (bicyclic) bond motifs is 1. The lowest BCUT2D eigenvalue weighted by atomic mass is 10.1. The highest BCUT2D eigenvalue weighted by atomic mass is 16.4. The quantitative estimate of drug-likeness (QED) is 0.554. The number of carboxylic acid groups (broad SMARTS) is 1. The summed E-state index contributed by atoms with van der Waals surface area (Å²) in [5.41, 5.74) is 3.06. The van der Waals surface area contributed by atoms with Crippen LogP contribution < -0.4 is 5.53 Å². The van der Waals surface area contributed by atoms with Gasteiger partial charge in [-0.25, -0.2) is 14.9 Å². The van der Waals surface area contributed by atoms with Crippen LogP contribution in [0.3, 0.4) is 0 Å². The molecule has 0 aromatic rings. The SMILES string of the molecule is CC1=C(C(=O)O)C(O)=CC2=NN(C)NN21. The summed E-state index contributed by atoms with van der Waals surface area (Å²) in [5, 5.41) is 25.3. The van der Waals surface area contributed by atoms with Crippen molar-refractivity contribution in [3.05, 3.63) is 23.1 Å². The van der Waals surface area contributed by atoms with Gasteiger partial charge in [-0.1, -0.05) is 0 Å². The average Bonchev–Trinajstić information content (AvgIpc) is 2.45. The van der Waals surface area contributed by atoms with Crippen LogP contribution >= 0.6 is 0 Å². The second-order valence-corrected chi connectivity index (χ2v) is 3.21. The molecule has 0 atom stereocenters. The first-order valence-corrected chi connectivity index (χ1v) is 4.24. The monoisotopic (exact) mass is 210 g/mol. The van der Waals surface area contributed by atoms with Gasteiger partial charge in [-0.2, -0.15) is 0 Å². The Morgan fingerprint density at radius 1 is 1.60 bits per heavy atom. The molecule has 0 saturated heterocycles. The van der Waals surface area contributed by atoms with Crippen molar-refractivity contribution in [1.29, 1.82) is 0 Å². The van der Waals surface area contributed by atoms with Crippen molar-refractivity contribution >= 4 is 11.8 Å². The van der Waals surface area contributed by atoms with E-state index in [1.54, 1.807) is 14.0 Å². The zero-order valence-electron chi connectivity index (χ0n) is 8.22. The van der Waals surface area contributed by atoms with Crippen molar-refractivity contribution in [1.82, 2.24) is 15.7 Å². The Bertz CT molecular complexity index is 424. The number of amidine groups is 1. The molecule has 0 unspecified atom stereocenters. The predicted octanol–water partition coefficient (Wildman–Crippen LogP) is -0.219. The Morgan fingerprint density at radius 3 is 2.87 bits per heavy atom. The summed E-state index contributed by atoms with van der Waals surface area (Å²) in [5.74, 6) is -0.999. The number of allylic oxidation sites excluding steroid dienone is 1. The lowest BCUT2D eigenvalue weighted by Crippen LogP contribution is -2.42. The smallest absolute Gasteiger partial charge is 0.341 e. The minimum atomic E-state index is -1.17. The number of nitrogens with zero attached hydrogens (tertiary/aromatic N) is 3. The standard InChI is InChI=1S/C8H10N4O3/c1-4-7(8(14)15)5(13)3-6-9-11(2)10-12(4)6/h3,10,13H,1-2H3,(H,14,15). The van der Waals surface area contributed by atoms with Gasteiger partial charge in [-0.05, 0) is 6.92 Å². The molecule has 3 N–H and O–H groups in total. The van der Waals surface area contributed by atoms with E-state index in [0.717, 1.165) is 0 Å². The van der Waals surface area contributed by atoms with Crippen LogP contribution in [-0.2, 0) is 4.79 Å². The molecule has 0 saturated carbocycles. The van der Waals surface area contributed by atoms with E-state index in [4.69, 9.17) is 5.11 Å². The predicted molar refractivity (Wildman–Crippen MR) is 51.2 cm³/mol. The largest absolute Gasteiger partial charge is 0.507 e. The van der Waals surface area contributed by atoms with E-state index in [-0.39, 0.29) is 11.3 Å². The van der Waals surface area contributed by atoms with Crippen LogP contribution in [0.4, 0.5) is 0 Å². The Labute approximate surface area is 85.5 Å². The van der Waals surface area contributed by atoms with Gasteiger partial charge in [0.15, 0.2) is 5.84 Å². The summed E-state index contributed by atoms with van der Waals surface area (Å²) in [4.78, 5) is 10.9. The maximum Gasteiger partial charge on any atom is 0.341 e. The molecule has 0 aromatic carbocycles. The Balaban J connectivity index is 2.49. The summed E-state index contributed by atoms with van der Waals surface area (Å²) < 4.78 is 0. The number of aliphatic hydroxyl groups excluding tert-OH is 1. The molecule has 7 nitrogen and oxygen atoms in total. The number of carbonyl (C=O) groups is 1. The molecule has 2 aliphatic heterocycles. The first kappa shape index (κ1) is 9.53. The molecule has 0 radical (unpaired) electrons. The highest BCUT2D eigenvalue weighted by molar-refractivity contribution is 6.02. The summed E-state index contributed by atoms with van der Waals surface area (Å²) in [7, 11) is 1.67. The van der Waals surface area contributed by atoms with Gasteiger partial charge in [0, 0.05) is 13.1 Å². The Hall–Kier alpha value is -2.02. The van der Waals surface area contributed by atoms with Gasteiger partial charge >= 0.3 is 5.97 Å². The second-order valence-electron chi connectivity index (χ2n) is 3.21. The zero-order chi connectivity index (χ0) is 11.2. The number of hydrogen-bond donors (Lipinski definition) is 3. The first-order chi connectivity index (χ1) is 7.00. The van der Waals surface area contributed by atoms with Crippen molar-refractivity contribution in [2.45, 2.75) is 6.92 Å². The molecule has 0 bridgehead atoms.